The van der Waals surface area contributed by atoms with Crippen molar-refractivity contribution in [3.8, 4) is 0 Å². The molecule has 4 unspecified atom stereocenters. The van der Waals surface area contributed by atoms with Crippen molar-refractivity contribution in [2.75, 3.05) is 13.7 Å². The van der Waals surface area contributed by atoms with Crippen LogP contribution in [0.2, 0.25) is 0 Å². The highest BCUT2D eigenvalue weighted by Gasteiger charge is 2.31. The molecule has 0 bridgehead atoms. The van der Waals surface area contributed by atoms with E-state index in [9.17, 15) is 4.79 Å². The van der Waals surface area contributed by atoms with Crippen molar-refractivity contribution in [2.45, 2.75) is 38.6 Å². The molecule has 20 heavy (non-hydrogen) atoms. The van der Waals surface area contributed by atoms with Crippen LogP contribution in [0.1, 0.15) is 38.2 Å². The van der Waals surface area contributed by atoms with Crippen LogP contribution in [0, 0.1) is 11.8 Å². The van der Waals surface area contributed by atoms with Gasteiger partial charge in [-0.15, -0.1) is 0 Å². The maximum atomic E-state index is 12.0. The minimum atomic E-state index is -0.218. The van der Waals surface area contributed by atoms with Crippen molar-refractivity contribution in [3.05, 3.63) is 35.9 Å². The smallest absolute Gasteiger partial charge is 0.314 e. The fraction of sp³-hybridized carbons (Fsp3) is 0.588. The molecule has 1 aliphatic rings. The second-order valence-electron chi connectivity index (χ2n) is 5.91. The van der Waals surface area contributed by atoms with Crippen LogP contribution in [-0.4, -0.2) is 25.7 Å². The Balaban J connectivity index is 2.00. The zero-order chi connectivity index (χ0) is 14.5. The number of benzene rings is 1. The van der Waals surface area contributed by atoms with Gasteiger partial charge in [-0.3, -0.25) is 4.79 Å². The van der Waals surface area contributed by atoms with Gasteiger partial charge in [0, 0.05) is 12.6 Å². The molecule has 3 nitrogen and oxygen atoms in total. The molecular formula is C17H25NO2. The second kappa shape index (κ2) is 6.89. The zero-order valence-corrected chi connectivity index (χ0v) is 12.6. The molecule has 110 valence electrons. The van der Waals surface area contributed by atoms with Crippen molar-refractivity contribution >= 4 is 5.97 Å². The minimum absolute atomic E-state index is 0.164. The topological polar surface area (TPSA) is 38.3 Å². The summed E-state index contributed by atoms with van der Waals surface area (Å²) in [5.41, 5.74) is 1.02. The Morgan fingerprint density at radius 1 is 1.30 bits per heavy atom. The first-order chi connectivity index (χ1) is 9.63. The van der Waals surface area contributed by atoms with Crippen LogP contribution in [0.15, 0.2) is 30.3 Å². The molecule has 1 aromatic rings. The van der Waals surface area contributed by atoms with Gasteiger partial charge in [-0.05, 0) is 30.2 Å². The molecule has 3 heteroatoms. The Bertz CT molecular complexity index is 432. The molecule has 0 amide bonds. The van der Waals surface area contributed by atoms with Crippen LogP contribution in [0.4, 0.5) is 0 Å². The van der Waals surface area contributed by atoms with E-state index in [0.717, 1.165) is 11.5 Å². The van der Waals surface area contributed by atoms with Gasteiger partial charge in [0.2, 0.25) is 0 Å². The lowest BCUT2D eigenvalue weighted by Crippen LogP contribution is -2.37. The highest BCUT2D eigenvalue weighted by molar-refractivity contribution is 5.78. The normalized spacial score (nSPS) is 27.2. The molecule has 4 atom stereocenters. The van der Waals surface area contributed by atoms with Gasteiger partial charge >= 0.3 is 5.97 Å². The van der Waals surface area contributed by atoms with Gasteiger partial charge < -0.3 is 10.1 Å². The summed E-state index contributed by atoms with van der Waals surface area (Å²) >= 11 is 0. The molecule has 0 aliphatic heterocycles. The van der Waals surface area contributed by atoms with Crippen molar-refractivity contribution in [1.82, 2.24) is 5.32 Å². The highest BCUT2D eigenvalue weighted by Crippen LogP contribution is 2.31. The van der Waals surface area contributed by atoms with Crippen molar-refractivity contribution in [1.29, 1.82) is 0 Å². The quantitative estimate of drug-likeness (QED) is 0.840. The maximum absolute atomic E-state index is 12.0. The lowest BCUT2D eigenvalue weighted by molar-refractivity contribution is -0.142. The van der Waals surface area contributed by atoms with Gasteiger partial charge in [0.15, 0.2) is 0 Å². The first kappa shape index (κ1) is 15.0. The molecule has 0 saturated heterocycles. The van der Waals surface area contributed by atoms with E-state index in [1.165, 1.54) is 20.0 Å². The fourth-order valence-electron chi connectivity index (χ4n) is 3.09. The number of ether oxygens (including phenoxy) is 1. The first-order valence-electron chi connectivity index (χ1n) is 7.49. The summed E-state index contributed by atoms with van der Waals surface area (Å²) in [6.07, 6.45) is 2.47. The summed E-state index contributed by atoms with van der Waals surface area (Å²) in [4.78, 5) is 12.0. The van der Waals surface area contributed by atoms with Crippen LogP contribution >= 0.6 is 0 Å². The molecule has 0 heterocycles. The average Bonchev–Trinajstić information content (AvgIpc) is 2.80. The molecule has 0 aromatic heterocycles. The standard InChI is InChI=1S/C17H25NO2/c1-12-9-10-16(13(12)2)18-11-15(17(19)20-3)14-7-5-4-6-8-14/h4-8,12-13,15-16,18H,9-11H2,1-3H3. The minimum Gasteiger partial charge on any atom is -0.469 e. The molecule has 1 aliphatic carbocycles. The van der Waals surface area contributed by atoms with Crippen LogP contribution in [0.25, 0.3) is 0 Å². The van der Waals surface area contributed by atoms with Gasteiger partial charge in [-0.1, -0.05) is 44.2 Å². The van der Waals surface area contributed by atoms with E-state index < -0.39 is 0 Å². The SMILES string of the molecule is COC(=O)C(CNC1CCC(C)C1C)c1ccccc1. The maximum Gasteiger partial charge on any atom is 0.314 e. The van der Waals surface area contributed by atoms with E-state index in [4.69, 9.17) is 4.74 Å². The number of carbonyl (C=O) groups excluding carboxylic acids is 1. The predicted molar refractivity (Wildman–Crippen MR) is 80.6 cm³/mol. The molecule has 1 N–H and O–H groups in total. The number of rotatable bonds is 5. The number of nitrogens with one attached hydrogen (secondary N) is 1. The number of methoxy groups -OCH3 is 1. The first-order valence-corrected chi connectivity index (χ1v) is 7.49. The van der Waals surface area contributed by atoms with Gasteiger partial charge in [-0.2, -0.15) is 0 Å². The Morgan fingerprint density at radius 3 is 2.55 bits per heavy atom. The summed E-state index contributed by atoms with van der Waals surface area (Å²) in [5.74, 6) is 1.05. The zero-order valence-electron chi connectivity index (χ0n) is 12.6. The number of hydrogen-bond acceptors (Lipinski definition) is 3. The van der Waals surface area contributed by atoms with E-state index >= 15 is 0 Å². The summed E-state index contributed by atoms with van der Waals surface area (Å²) in [5, 5.41) is 3.57. The van der Waals surface area contributed by atoms with Gasteiger partial charge in [0.1, 0.15) is 0 Å². The Morgan fingerprint density at radius 2 is 2.00 bits per heavy atom. The molecular weight excluding hydrogens is 250 g/mol. The van der Waals surface area contributed by atoms with E-state index in [1.807, 2.05) is 30.3 Å². The third kappa shape index (κ3) is 3.40. The average molecular weight is 275 g/mol. The Hall–Kier alpha value is -1.35. The predicted octanol–water partition coefficient (Wildman–Crippen LogP) is 2.97. The summed E-state index contributed by atoms with van der Waals surface area (Å²) < 4.78 is 4.95. The van der Waals surface area contributed by atoms with Crippen LogP contribution in [-0.2, 0) is 9.53 Å². The summed E-state index contributed by atoms with van der Waals surface area (Å²) in [6, 6.07) is 10.4. The third-order valence-electron chi connectivity index (χ3n) is 4.74. The molecule has 1 fully saturated rings. The lowest BCUT2D eigenvalue weighted by Gasteiger charge is -2.23. The van der Waals surface area contributed by atoms with Crippen LogP contribution in [0.5, 0.6) is 0 Å². The molecule has 0 spiro atoms. The van der Waals surface area contributed by atoms with Crippen molar-refractivity contribution in [2.24, 2.45) is 11.8 Å². The summed E-state index contributed by atoms with van der Waals surface area (Å²) in [6.45, 7) is 5.25. The fourth-order valence-corrected chi connectivity index (χ4v) is 3.09. The van der Waals surface area contributed by atoms with Gasteiger partial charge in [0.25, 0.3) is 0 Å². The van der Waals surface area contributed by atoms with Gasteiger partial charge in [0.05, 0.1) is 13.0 Å². The van der Waals surface area contributed by atoms with Crippen LogP contribution in [0.3, 0.4) is 0 Å². The molecule has 2 rings (SSSR count). The third-order valence-corrected chi connectivity index (χ3v) is 4.74. The number of carbonyl (C=O) groups is 1. The second-order valence-corrected chi connectivity index (χ2v) is 5.91. The van der Waals surface area contributed by atoms with Crippen molar-refractivity contribution < 1.29 is 9.53 Å². The Labute approximate surface area is 121 Å². The van der Waals surface area contributed by atoms with E-state index in [2.05, 4.69) is 19.2 Å². The van der Waals surface area contributed by atoms with E-state index in [0.29, 0.717) is 18.5 Å². The largest absolute Gasteiger partial charge is 0.469 e. The van der Waals surface area contributed by atoms with Crippen molar-refractivity contribution in [3.63, 3.8) is 0 Å². The van der Waals surface area contributed by atoms with Crippen LogP contribution < -0.4 is 5.32 Å². The highest BCUT2D eigenvalue weighted by atomic mass is 16.5. The summed E-state index contributed by atoms with van der Waals surface area (Å²) in [7, 11) is 1.46. The number of hydrogen-bond donors (Lipinski definition) is 1. The van der Waals surface area contributed by atoms with E-state index in [-0.39, 0.29) is 11.9 Å². The molecule has 1 aromatic carbocycles. The van der Waals surface area contributed by atoms with E-state index in [1.54, 1.807) is 0 Å². The number of esters is 1. The molecule has 0 radical (unpaired) electrons. The Kier molecular flexibility index (Phi) is 5.18. The monoisotopic (exact) mass is 275 g/mol. The van der Waals surface area contributed by atoms with Gasteiger partial charge in [-0.25, -0.2) is 0 Å². The molecule has 1 saturated carbocycles. The lowest BCUT2D eigenvalue weighted by atomic mass is 9.95.